The molecule has 0 unspecified atom stereocenters. The molecule has 1 heterocycles. The summed E-state index contributed by atoms with van der Waals surface area (Å²) in [5.74, 6) is 0.610. The second-order valence-electron chi connectivity index (χ2n) is 4.16. The Bertz CT molecular complexity index is 512. The summed E-state index contributed by atoms with van der Waals surface area (Å²) < 4.78 is 10.3. The molecule has 100 valence electrons. The van der Waals surface area contributed by atoms with Gasteiger partial charge in [0, 0.05) is 19.9 Å². The molecule has 0 spiro atoms. The second kappa shape index (κ2) is 6.75. The van der Waals surface area contributed by atoms with E-state index in [0.29, 0.717) is 12.5 Å². The van der Waals surface area contributed by atoms with E-state index < -0.39 is 0 Å². The molecule has 0 bridgehead atoms. The van der Waals surface area contributed by atoms with Crippen LogP contribution in [0.3, 0.4) is 0 Å². The van der Waals surface area contributed by atoms with Crippen LogP contribution in [-0.2, 0) is 17.9 Å². The highest BCUT2D eigenvalue weighted by molar-refractivity contribution is 5.52. The van der Waals surface area contributed by atoms with Crippen LogP contribution in [0.2, 0.25) is 0 Å². The molecule has 4 heteroatoms. The number of anilines is 1. The summed E-state index contributed by atoms with van der Waals surface area (Å²) in [6, 6.07) is 12.1. The molecule has 0 radical (unpaired) electrons. The second-order valence-corrected chi connectivity index (χ2v) is 4.16. The summed E-state index contributed by atoms with van der Waals surface area (Å²) in [5, 5.41) is 3.31. The van der Waals surface area contributed by atoms with Gasteiger partial charge in [0.15, 0.2) is 0 Å². The van der Waals surface area contributed by atoms with Gasteiger partial charge in [0.05, 0.1) is 19.4 Å². The molecule has 2 aromatic rings. The lowest BCUT2D eigenvalue weighted by Gasteiger charge is -2.10. The number of benzene rings is 1. The maximum Gasteiger partial charge on any atom is 0.237 e. The van der Waals surface area contributed by atoms with Crippen molar-refractivity contribution in [1.29, 1.82) is 0 Å². The molecule has 0 fully saturated rings. The molecule has 1 aromatic heterocycles. The third-order valence-corrected chi connectivity index (χ3v) is 2.78. The van der Waals surface area contributed by atoms with Gasteiger partial charge in [0.25, 0.3) is 0 Å². The number of methoxy groups -OCH3 is 2. The number of hydrogen-bond donors (Lipinski definition) is 1. The number of rotatable bonds is 6. The molecule has 0 aliphatic rings. The Morgan fingerprint density at radius 3 is 2.47 bits per heavy atom. The van der Waals surface area contributed by atoms with E-state index in [1.807, 2.05) is 12.1 Å². The van der Waals surface area contributed by atoms with E-state index in [0.717, 1.165) is 12.2 Å². The Morgan fingerprint density at radius 1 is 1.05 bits per heavy atom. The van der Waals surface area contributed by atoms with Gasteiger partial charge in [-0.1, -0.05) is 24.3 Å². The number of hydrogen-bond acceptors (Lipinski definition) is 4. The predicted octanol–water partition coefficient (Wildman–Crippen LogP) is 2.85. The van der Waals surface area contributed by atoms with Gasteiger partial charge >= 0.3 is 0 Å². The first-order valence-corrected chi connectivity index (χ1v) is 6.13. The van der Waals surface area contributed by atoms with Crippen LogP contribution in [-0.4, -0.2) is 19.2 Å². The lowest BCUT2D eigenvalue weighted by atomic mass is 10.1. The van der Waals surface area contributed by atoms with E-state index in [9.17, 15) is 0 Å². The van der Waals surface area contributed by atoms with E-state index in [1.165, 1.54) is 11.1 Å². The molecule has 0 aliphatic heterocycles. The zero-order valence-corrected chi connectivity index (χ0v) is 11.2. The molecular weight excluding hydrogens is 240 g/mol. The van der Waals surface area contributed by atoms with Crippen LogP contribution in [0.15, 0.2) is 42.6 Å². The molecule has 4 nitrogen and oxygen atoms in total. The highest BCUT2D eigenvalue weighted by Gasteiger charge is 2.02. The first-order valence-electron chi connectivity index (χ1n) is 6.13. The molecule has 1 N–H and O–H groups in total. The number of aromatic nitrogens is 1. The minimum Gasteiger partial charge on any atom is -0.480 e. The topological polar surface area (TPSA) is 43.4 Å². The zero-order chi connectivity index (χ0) is 13.5. The molecule has 2 rings (SSSR count). The van der Waals surface area contributed by atoms with Crippen LogP contribution in [0.5, 0.6) is 5.88 Å². The van der Waals surface area contributed by atoms with Gasteiger partial charge in [-0.25, -0.2) is 4.98 Å². The van der Waals surface area contributed by atoms with Crippen molar-refractivity contribution < 1.29 is 9.47 Å². The minimum absolute atomic E-state index is 0.610. The molecule has 0 saturated carbocycles. The van der Waals surface area contributed by atoms with Crippen LogP contribution in [0.1, 0.15) is 11.1 Å². The van der Waals surface area contributed by atoms with Gasteiger partial charge in [-0.2, -0.15) is 0 Å². The van der Waals surface area contributed by atoms with Gasteiger partial charge in [-0.05, 0) is 23.3 Å². The third kappa shape index (κ3) is 3.69. The molecule has 19 heavy (non-hydrogen) atoms. The van der Waals surface area contributed by atoms with Crippen molar-refractivity contribution in [2.45, 2.75) is 13.2 Å². The van der Waals surface area contributed by atoms with Crippen LogP contribution in [0.4, 0.5) is 5.69 Å². The van der Waals surface area contributed by atoms with Crippen LogP contribution in [0, 0.1) is 0 Å². The van der Waals surface area contributed by atoms with Crippen molar-refractivity contribution in [2.75, 3.05) is 19.5 Å². The van der Waals surface area contributed by atoms with Gasteiger partial charge in [0.1, 0.15) is 0 Å². The van der Waals surface area contributed by atoms with Gasteiger partial charge in [0.2, 0.25) is 5.88 Å². The van der Waals surface area contributed by atoms with E-state index >= 15 is 0 Å². The van der Waals surface area contributed by atoms with E-state index in [2.05, 4.69) is 34.6 Å². The lowest BCUT2D eigenvalue weighted by molar-refractivity contribution is 0.185. The largest absolute Gasteiger partial charge is 0.480 e. The summed E-state index contributed by atoms with van der Waals surface area (Å²) in [6.07, 6.45) is 1.71. The SMILES string of the molecule is COCc1ccc(CNc2cccnc2OC)cc1. The Kier molecular flexibility index (Phi) is 4.75. The first-order chi connectivity index (χ1) is 9.33. The van der Waals surface area contributed by atoms with Crippen molar-refractivity contribution in [3.05, 3.63) is 53.7 Å². The van der Waals surface area contributed by atoms with Crippen LogP contribution >= 0.6 is 0 Å². The van der Waals surface area contributed by atoms with Gasteiger partial charge in [-0.3, -0.25) is 0 Å². The molecule has 1 aromatic carbocycles. The Hall–Kier alpha value is -2.07. The smallest absolute Gasteiger partial charge is 0.237 e. The Morgan fingerprint density at radius 2 is 1.79 bits per heavy atom. The molecule has 0 aliphatic carbocycles. The van der Waals surface area contributed by atoms with Crippen molar-refractivity contribution in [2.24, 2.45) is 0 Å². The Balaban J connectivity index is 1.98. The number of nitrogens with one attached hydrogen (secondary N) is 1. The average molecular weight is 258 g/mol. The van der Waals surface area contributed by atoms with Gasteiger partial charge < -0.3 is 14.8 Å². The fourth-order valence-corrected chi connectivity index (χ4v) is 1.81. The minimum atomic E-state index is 0.610. The predicted molar refractivity (Wildman–Crippen MR) is 75.3 cm³/mol. The lowest BCUT2D eigenvalue weighted by Crippen LogP contribution is -2.02. The average Bonchev–Trinajstić information content (AvgIpc) is 2.47. The van der Waals surface area contributed by atoms with E-state index in [4.69, 9.17) is 9.47 Å². The maximum atomic E-state index is 5.19. The molecule has 0 amide bonds. The fraction of sp³-hybridized carbons (Fsp3) is 0.267. The van der Waals surface area contributed by atoms with Crippen LogP contribution < -0.4 is 10.1 Å². The van der Waals surface area contributed by atoms with Gasteiger partial charge in [-0.15, -0.1) is 0 Å². The summed E-state index contributed by atoms with van der Waals surface area (Å²) in [4.78, 5) is 4.15. The van der Waals surface area contributed by atoms with Crippen molar-refractivity contribution in [1.82, 2.24) is 4.98 Å². The van der Waals surface area contributed by atoms with Crippen molar-refractivity contribution in [3.8, 4) is 5.88 Å². The third-order valence-electron chi connectivity index (χ3n) is 2.78. The monoisotopic (exact) mass is 258 g/mol. The molecular formula is C15H18N2O2. The molecule has 0 atom stereocenters. The summed E-state index contributed by atoms with van der Waals surface area (Å²) in [5.41, 5.74) is 3.27. The Labute approximate surface area is 113 Å². The fourth-order valence-electron chi connectivity index (χ4n) is 1.81. The maximum absolute atomic E-state index is 5.19. The number of pyridine rings is 1. The normalized spacial score (nSPS) is 10.2. The highest BCUT2D eigenvalue weighted by atomic mass is 16.5. The molecule has 0 saturated heterocycles. The summed E-state index contributed by atoms with van der Waals surface area (Å²) in [7, 11) is 3.32. The van der Waals surface area contributed by atoms with Crippen molar-refractivity contribution in [3.63, 3.8) is 0 Å². The highest BCUT2D eigenvalue weighted by Crippen LogP contribution is 2.20. The number of ether oxygens (including phenoxy) is 2. The first kappa shape index (κ1) is 13.4. The number of nitrogens with zero attached hydrogens (tertiary/aromatic N) is 1. The standard InChI is InChI=1S/C15H18N2O2/c1-18-11-13-7-5-12(6-8-13)10-17-14-4-3-9-16-15(14)19-2/h3-9,17H,10-11H2,1-2H3. The summed E-state index contributed by atoms with van der Waals surface area (Å²) in [6.45, 7) is 1.37. The van der Waals surface area contributed by atoms with E-state index in [-0.39, 0.29) is 0 Å². The zero-order valence-electron chi connectivity index (χ0n) is 11.2. The van der Waals surface area contributed by atoms with Crippen molar-refractivity contribution >= 4 is 5.69 Å². The summed E-state index contributed by atoms with van der Waals surface area (Å²) >= 11 is 0. The van der Waals surface area contributed by atoms with E-state index in [1.54, 1.807) is 20.4 Å². The van der Waals surface area contributed by atoms with Crippen LogP contribution in [0.25, 0.3) is 0 Å². The quantitative estimate of drug-likeness (QED) is 0.865.